The Kier molecular flexibility index (Phi) is 4.86. The Hall–Kier alpha value is -2.26. The lowest BCUT2D eigenvalue weighted by Gasteiger charge is -2.25. The van der Waals surface area contributed by atoms with Crippen molar-refractivity contribution in [3.63, 3.8) is 0 Å². The van der Waals surface area contributed by atoms with Crippen LogP contribution in [0.1, 0.15) is 24.0 Å². The topological polar surface area (TPSA) is 12.9 Å². The second kappa shape index (κ2) is 6.93. The first kappa shape index (κ1) is 17.6. The van der Waals surface area contributed by atoms with E-state index in [4.69, 9.17) is 4.98 Å². The Morgan fingerprint density at radius 1 is 0.920 bits per heavy atom. The van der Waals surface area contributed by atoms with Crippen molar-refractivity contribution in [2.24, 2.45) is 0 Å². The van der Waals surface area contributed by atoms with Crippen molar-refractivity contribution in [1.29, 1.82) is 0 Å². The van der Waals surface area contributed by atoms with E-state index in [0.29, 0.717) is 5.92 Å². The molecule has 1 heterocycles. The molecule has 3 aromatic rings. The Morgan fingerprint density at radius 2 is 1.56 bits per heavy atom. The van der Waals surface area contributed by atoms with Gasteiger partial charge in [0.1, 0.15) is 5.82 Å². The summed E-state index contributed by atoms with van der Waals surface area (Å²) in [6.45, 7) is 9.30. The summed E-state index contributed by atoms with van der Waals surface area (Å²) in [4.78, 5) is 4.69. The second-order valence-corrected chi connectivity index (χ2v) is 12.6. The van der Waals surface area contributed by atoms with Crippen LogP contribution in [0.5, 0.6) is 0 Å². The maximum absolute atomic E-state index is 13.2. The highest BCUT2D eigenvalue weighted by Crippen LogP contribution is 2.27. The second-order valence-electron chi connectivity index (χ2n) is 7.55. The number of hydrogen-bond donors (Lipinski definition) is 0. The minimum atomic E-state index is -1.53. The third kappa shape index (κ3) is 3.88. The fourth-order valence-corrected chi connectivity index (χ4v) is 4.76. The first-order valence-electron chi connectivity index (χ1n) is 8.67. The maximum Gasteiger partial charge on any atom is 0.123 e. The molecule has 0 fully saturated rings. The number of pyridine rings is 1. The molecular formula is C22H24FNSi. The standard InChI is InChI=1S/C22H24FNSi/c1-16(17-8-6-5-7-9-17)20-14-21(18-10-12-19(23)13-11-18)24-15-22(20)25(2,3)4/h5-16H,1-4H3. The van der Waals surface area contributed by atoms with Gasteiger partial charge in [0.25, 0.3) is 0 Å². The number of rotatable bonds is 4. The minimum absolute atomic E-state index is 0.222. The zero-order valence-electron chi connectivity index (χ0n) is 15.3. The van der Waals surface area contributed by atoms with Gasteiger partial charge in [0.2, 0.25) is 0 Å². The third-order valence-electron chi connectivity index (χ3n) is 4.65. The van der Waals surface area contributed by atoms with Gasteiger partial charge in [0.15, 0.2) is 0 Å². The maximum atomic E-state index is 13.2. The van der Waals surface area contributed by atoms with Gasteiger partial charge in [-0.05, 0) is 46.6 Å². The van der Waals surface area contributed by atoms with Crippen molar-refractivity contribution in [2.75, 3.05) is 0 Å². The van der Waals surface area contributed by atoms with Crippen molar-refractivity contribution in [3.05, 3.63) is 83.8 Å². The highest BCUT2D eigenvalue weighted by atomic mass is 28.3. The van der Waals surface area contributed by atoms with Gasteiger partial charge >= 0.3 is 0 Å². The molecule has 0 amide bonds. The van der Waals surface area contributed by atoms with Crippen LogP contribution in [-0.2, 0) is 0 Å². The highest BCUT2D eigenvalue weighted by molar-refractivity contribution is 6.89. The van der Waals surface area contributed by atoms with E-state index in [0.717, 1.165) is 11.3 Å². The summed E-state index contributed by atoms with van der Waals surface area (Å²) in [5, 5.41) is 1.38. The molecule has 1 nitrogen and oxygen atoms in total. The number of halogens is 1. The minimum Gasteiger partial charge on any atom is -0.256 e. The average molecular weight is 350 g/mol. The van der Waals surface area contributed by atoms with Crippen LogP contribution >= 0.6 is 0 Å². The number of aromatic nitrogens is 1. The monoisotopic (exact) mass is 349 g/mol. The van der Waals surface area contributed by atoms with Gasteiger partial charge in [0.05, 0.1) is 13.8 Å². The Balaban J connectivity index is 2.12. The van der Waals surface area contributed by atoms with E-state index in [1.807, 2.05) is 12.3 Å². The molecule has 0 spiro atoms. The van der Waals surface area contributed by atoms with Gasteiger partial charge in [-0.1, -0.05) is 56.9 Å². The zero-order chi connectivity index (χ0) is 18.0. The molecule has 128 valence electrons. The molecule has 0 aliphatic carbocycles. The van der Waals surface area contributed by atoms with Crippen LogP contribution in [0, 0.1) is 5.82 Å². The average Bonchev–Trinajstić information content (AvgIpc) is 2.61. The van der Waals surface area contributed by atoms with Crippen molar-refractivity contribution >= 4 is 13.3 Å². The summed E-state index contributed by atoms with van der Waals surface area (Å²) in [5.74, 6) is 0.0745. The van der Waals surface area contributed by atoms with E-state index in [1.165, 1.54) is 28.4 Å². The molecule has 25 heavy (non-hydrogen) atoms. The van der Waals surface area contributed by atoms with Gasteiger partial charge in [-0.25, -0.2) is 4.39 Å². The molecule has 0 saturated heterocycles. The smallest absolute Gasteiger partial charge is 0.123 e. The summed E-state index contributed by atoms with van der Waals surface area (Å²) >= 11 is 0. The quantitative estimate of drug-likeness (QED) is 0.560. The van der Waals surface area contributed by atoms with Crippen LogP contribution in [-0.4, -0.2) is 13.1 Å². The molecule has 3 heteroatoms. The molecule has 3 rings (SSSR count). The lowest BCUT2D eigenvalue weighted by Crippen LogP contribution is -2.41. The van der Waals surface area contributed by atoms with Crippen LogP contribution in [0.4, 0.5) is 4.39 Å². The van der Waals surface area contributed by atoms with E-state index >= 15 is 0 Å². The molecule has 1 unspecified atom stereocenters. The molecule has 1 atom stereocenters. The summed E-state index contributed by atoms with van der Waals surface area (Å²) in [5.41, 5.74) is 4.49. The lowest BCUT2D eigenvalue weighted by atomic mass is 9.92. The van der Waals surface area contributed by atoms with E-state index in [1.54, 1.807) is 12.1 Å². The fourth-order valence-electron chi connectivity index (χ4n) is 3.16. The van der Waals surface area contributed by atoms with Crippen LogP contribution in [0.2, 0.25) is 19.6 Å². The van der Waals surface area contributed by atoms with Gasteiger partial charge in [-0.15, -0.1) is 0 Å². The molecule has 0 aliphatic heterocycles. The molecule has 2 aromatic carbocycles. The fraction of sp³-hybridized carbons (Fsp3) is 0.227. The van der Waals surface area contributed by atoms with Gasteiger partial charge < -0.3 is 0 Å². The predicted octanol–water partition coefficient (Wildman–Crippen LogP) is 5.58. The molecule has 0 N–H and O–H groups in total. The molecule has 0 aliphatic rings. The number of benzene rings is 2. The summed E-state index contributed by atoms with van der Waals surface area (Å²) in [6, 6.07) is 19.3. The van der Waals surface area contributed by atoms with Crippen LogP contribution < -0.4 is 5.19 Å². The molecule has 1 aromatic heterocycles. The van der Waals surface area contributed by atoms with E-state index in [2.05, 4.69) is 56.9 Å². The zero-order valence-corrected chi connectivity index (χ0v) is 16.3. The van der Waals surface area contributed by atoms with Crippen molar-refractivity contribution in [1.82, 2.24) is 4.98 Å². The molecular weight excluding hydrogens is 325 g/mol. The van der Waals surface area contributed by atoms with E-state index in [-0.39, 0.29) is 5.82 Å². The van der Waals surface area contributed by atoms with Gasteiger partial charge in [0, 0.05) is 17.7 Å². The van der Waals surface area contributed by atoms with Crippen molar-refractivity contribution < 1.29 is 4.39 Å². The number of hydrogen-bond acceptors (Lipinski definition) is 1. The normalized spacial score (nSPS) is 12.8. The molecule has 0 saturated carbocycles. The lowest BCUT2D eigenvalue weighted by molar-refractivity contribution is 0.628. The summed E-state index contributed by atoms with van der Waals surface area (Å²) < 4.78 is 13.2. The van der Waals surface area contributed by atoms with Gasteiger partial charge in [-0.3, -0.25) is 4.98 Å². The van der Waals surface area contributed by atoms with Crippen LogP contribution in [0.15, 0.2) is 66.9 Å². The van der Waals surface area contributed by atoms with Crippen molar-refractivity contribution in [3.8, 4) is 11.3 Å². The first-order valence-corrected chi connectivity index (χ1v) is 12.2. The first-order chi connectivity index (χ1) is 11.9. The molecule has 0 bridgehead atoms. The van der Waals surface area contributed by atoms with Gasteiger partial charge in [-0.2, -0.15) is 0 Å². The number of nitrogens with zero attached hydrogens (tertiary/aromatic N) is 1. The Labute approximate surface area is 150 Å². The SMILES string of the molecule is CC(c1ccccc1)c1cc(-c2ccc(F)cc2)ncc1[Si](C)(C)C. The van der Waals surface area contributed by atoms with Crippen LogP contribution in [0.25, 0.3) is 11.3 Å². The predicted molar refractivity (Wildman–Crippen MR) is 107 cm³/mol. The highest BCUT2D eigenvalue weighted by Gasteiger charge is 2.24. The Bertz CT molecular complexity index is 851. The largest absolute Gasteiger partial charge is 0.256 e. The Morgan fingerprint density at radius 3 is 2.16 bits per heavy atom. The third-order valence-corrected chi connectivity index (χ3v) is 6.68. The van der Waals surface area contributed by atoms with E-state index < -0.39 is 8.07 Å². The molecule has 0 radical (unpaired) electrons. The van der Waals surface area contributed by atoms with Crippen LogP contribution in [0.3, 0.4) is 0 Å². The van der Waals surface area contributed by atoms with Crippen molar-refractivity contribution in [2.45, 2.75) is 32.5 Å². The summed E-state index contributed by atoms with van der Waals surface area (Å²) in [6.07, 6.45) is 2.04. The summed E-state index contributed by atoms with van der Waals surface area (Å²) in [7, 11) is -1.53. The van der Waals surface area contributed by atoms with E-state index in [9.17, 15) is 4.39 Å².